The van der Waals surface area contributed by atoms with Gasteiger partial charge < -0.3 is 10.5 Å². The number of ether oxygens (including phenoxy) is 1. The first kappa shape index (κ1) is 10.2. The Labute approximate surface area is 92.7 Å². The molecule has 2 rings (SSSR count). The van der Waals surface area contributed by atoms with E-state index >= 15 is 0 Å². The zero-order chi connectivity index (χ0) is 11.4. The lowest BCUT2D eigenvalue weighted by Gasteiger charge is -2.03. The molecule has 0 saturated heterocycles. The maximum absolute atomic E-state index is 10.8. The summed E-state index contributed by atoms with van der Waals surface area (Å²) in [6.45, 7) is 0. The number of rotatable bonds is 3. The Hall–Kier alpha value is -2.36. The van der Waals surface area contributed by atoms with E-state index < -0.39 is 5.91 Å². The Bertz CT molecular complexity index is 480. The van der Waals surface area contributed by atoms with Gasteiger partial charge in [0, 0.05) is 12.3 Å². The van der Waals surface area contributed by atoms with Crippen LogP contribution in [-0.2, 0) is 0 Å². The zero-order valence-corrected chi connectivity index (χ0v) is 8.46. The Morgan fingerprint density at radius 2 is 1.88 bits per heavy atom. The maximum Gasteiger partial charge on any atom is 0.250 e. The third-order valence-electron chi connectivity index (χ3n) is 1.99. The van der Waals surface area contributed by atoms with Crippen molar-refractivity contribution < 1.29 is 9.53 Å². The lowest BCUT2D eigenvalue weighted by molar-refractivity contribution is 0.1000. The molecule has 0 atom stereocenters. The zero-order valence-electron chi connectivity index (χ0n) is 8.46. The SMILES string of the molecule is NC(=O)c1ccc(Oc2ccccc2)nc1. The van der Waals surface area contributed by atoms with Crippen LogP contribution in [0.1, 0.15) is 10.4 Å². The second kappa shape index (κ2) is 4.44. The summed E-state index contributed by atoms with van der Waals surface area (Å²) in [7, 11) is 0. The average Bonchev–Trinajstić information content (AvgIpc) is 2.31. The van der Waals surface area contributed by atoms with Crippen molar-refractivity contribution in [1.82, 2.24) is 4.98 Å². The van der Waals surface area contributed by atoms with Gasteiger partial charge in [-0.3, -0.25) is 4.79 Å². The summed E-state index contributed by atoms with van der Waals surface area (Å²) >= 11 is 0. The first-order chi connectivity index (χ1) is 7.75. The Morgan fingerprint density at radius 3 is 2.44 bits per heavy atom. The highest BCUT2D eigenvalue weighted by Gasteiger charge is 2.02. The van der Waals surface area contributed by atoms with E-state index in [0.717, 1.165) is 0 Å². The summed E-state index contributed by atoms with van der Waals surface area (Å²) in [6.07, 6.45) is 1.39. The second-order valence-corrected chi connectivity index (χ2v) is 3.16. The Kier molecular flexibility index (Phi) is 2.82. The summed E-state index contributed by atoms with van der Waals surface area (Å²) in [5.74, 6) is 0.622. The van der Waals surface area contributed by atoms with Crippen molar-refractivity contribution >= 4 is 5.91 Å². The standard InChI is InChI=1S/C12H10N2O2/c13-12(15)9-6-7-11(14-8-9)16-10-4-2-1-3-5-10/h1-8H,(H2,13,15). The van der Waals surface area contributed by atoms with Crippen LogP contribution in [0.2, 0.25) is 0 Å². The van der Waals surface area contributed by atoms with E-state index in [9.17, 15) is 4.79 Å². The third kappa shape index (κ3) is 2.36. The minimum Gasteiger partial charge on any atom is -0.439 e. The van der Waals surface area contributed by atoms with E-state index in [2.05, 4.69) is 4.98 Å². The van der Waals surface area contributed by atoms with Gasteiger partial charge in [-0.2, -0.15) is 0 Å². The molecule has 0 spiro atoms. The van der Waals surface area contributed by atoms with Gasteiger partial charge >= 0.3 is 0 Å². The van der Waals surface area contributed by atoms with Gasteiger partial charge in [0.2, 0.25) is 11.8 Å². The molecular formula is C12H10N2O2. The van der Waals surface area contributed by atoms with Gasteiger partial charge in [0.15, 0.2) is 0 Å². The van der Waals surface area contributed by atoms with E-state index in [0.29, 0.717) is 17.2 Å². The molecule has 2 N–H and O–H groups in total. The van der Waals surface area contributed by atoms with Crippen molar-refractivity contribution in [3.8, 4) is 11.6 Å². The Balaban J connectivity index is 2.14. The van der Waals surface area contributed by atoms with Crippen molar-refractivity contribution in [2.45, 2.75) is 0 Å². The van der Waals surface area contributed by atoms with Gasteiger partial charge in [-0.1, -0.05) is 18.2 Å². The van der Waals surface area contributed by atoms with Gasteiger partial charge in [-0.25, -0.2) is 4.98 Å². The fourth-order valence-corrected chi connectivity index (χ4v) is 1.20. The van der Waals surface area contributed by atoms with Crippen molar-refractivity contribution in [2.75, 3.05) is 0 Å². The summed E-state index contributed by atoms with van der Waals surface area (Å²) in [5.41, 5.74) is 5.46. The topological polar surface area (TPSA) is 65.2 Å². The van der Waals surface area contributed by atoms with Crippen LogP contribution in [0.5, 0.6) is 11.6 Å². The van der Waals surface area contributed by atoms with Crippen LogP contribution in [0.4, 0.5) is 0 Å². The molecule has 1 heterocycles. The van der Waals surface area contributed by atoms with Crippen molar-refractivity contribution in [3.05, 3.63) is 54.2 Å². The molecule has 0 radical (unpaired) electrons. The van der Waals surface area contributed by atoms with Crippen LogP contribution in [0.15, 0.2) is 48.7 Å². The molecule has 4 nitrogen and oxygen atoms in total. The van der Waals surface area contributed by atoms with E-state index in [4.69, 9.17) is 10.5 Å². The predicted octanol–water partition coefficient (Wildman–Crippen LogP) is 1.97. The van der Waals surface area contributed by atoms with E-state index in [1.165, 1.54) is 6.20 Å². The summed E-state index contributed by atoms with van der Waals surface area (Å²) in [4.78, 5) is 14.8. The number of carbonyl (C=O) groups excluding carboxylic acids is 1. The monoisotopic (exact) mass is 214 g/mol. The van der Waals surface area contributed by atoms with Gasteiger partial charge in [0.1, 0.15) is 5.75 Å². The molecule has 0 unspecified atom stereocenters. The molecule has 0 saturated carbocycles. The number of carbonyl (C=O) groups is 1. The number of pyridine rings is 1. The van der Waals surface area contributed by atoms with Crippen LogP contribution in [0.25, 0.3) is 0 Å². The molecule has 1 amide bonds. The van der Waals surface area contributed by atoms with Crippen molar-refractivity contribution in [2.24, 2.45) is 5.73 Å². The molecule has 0 aliphatic carbocycles. The maximum atomic E-state index is 10.8. The van der Waals surface area contributed by atoms with Gasteiger partial charge in [0.05, 0.1) is 5.56 Å². The lowest BCUT2D eigenvalue weighted by Crippen LogP contribution is -2.10. The fourth-order valence-electron chi connectivity index (χ4n) is 1.20. The highest BCUT2D eigenvalue weighted by molar-refractivity contribution is 5.92. The normalized spacial score (nSPS) is 9.75. The number of nitrogens with two attached hydrogens (primary N) is 1. The minimum atomic E-state index is -0.501. The molecule has 80 valence electrons. The van der Waals surface area contributed by atoms with Gasteiger partial charge in [-0.15, -0.1) is 0 Å². The predicted molar refractivity (Wildman–Crippen MR) is 59.3 cm³/mol. The number of primary amides is 1. The number of hydrogen-bond donors (Lipinski definition) is 1. The summed E-state index contributed by atoms with van der Waals surface area (Å²) < 4.78 is 5.45. The van der Waals surface area contributed by atoms with Crippen LogP contribution < -0.4 is 10.5 Å². The van der Waals surface area contributed by atoms with Crippen LogP contribution in [0.3, 0.4) is 0 Å². The summed E-state index contributed by atoms with van der Waals surface area (Å²) in [5, 5.41) is 0. The molecule has 16 heavy (non-hydrogen) atoms. The quantitative estimate of drug-likeness (QED) is 0.849. The summed E-state index contributed by atoms with van der Waals surface area (Å²) in [6, 6.07) is 12.5. The van der Waals surface area contributed by atoms with E-state index in [-0.39, 0.29) is 0 Å². The molecule has 0 fully saturated rings. The number of para-hydroxylation sites is 1. The van der Waals surface area contributed by atoms with Crippen LogP contribution in [-0.4, -0.2) is 10.9 Å². The second-order valence-electron chi connectivity index (χ2n) is 3.16. The minimum absolute atomic E-state index is 0.361. The van der Waals surface area contributed by atoms with Crippen molar-refractivity contribution in [1.29, 1.82) is 0 Å². The average molecular weight is 214 g/mol. The highest BCUT2D eigenvalue weighted by atomic mass is 16.5. The molecule has 0 bridgehead atoms. The molecule has 4 heteroatoms. The van der Waals surface area contributed by atoms with E-state index in [1.54, 1.807) is 12.1 Å². The largest absolute Gasteiger partial charge is 0.439 e. The first-order valence-corrected chi connectivity index (χ1v) is 4.74. The lowest BCUT2D eigenvalue weighted by atomic mass is 10.3. The number of aromatic nitrogens is 1. The fraction of sp³-hybridized carbons (Fsp3) is 0. The van der Waals surface area contributed by atoms with Crippen LogP contribution >= 0.6 is 0 Å². The van der Waals surface area contributed by atoms with Gasteiger partial charge in [0.25, 0.3) is 0 Å². The number of benzene rings is 1. The number of hydrogen-bond acceptors (Lipinski definition) is 3. The number of amides is 1. The van der Waals surface area contributed by atoms with Gasteiger partial charge in [-0.05, 0) is 18.2 Å². The van der Waals surface area contributed by atoms with Crippen molar-refractivity contribution in [3.63, 3.8) is 0 Å². The van der Waals surface area contributed by atoms with E-state index in [1.807, 2.05) is 30.3 Å². The highest BCUT2D eigenvalue weighted by Crippen LogP contribution is 2.18. The molecule has 1 aromatic carbocycles. The molecule has 1 aromatic heterocycles. The smallest absolute Gasteiger partial charge is 0.250 e. The molecular weight excluding hydrogens is 204 g/mol. The molecule has 0 aliphatic heterocycles. The number of nitrogens with zero attached hydrogens (tertiary/aromatic N) is 1. The molecule has 0 aliphatic rings. The first-order valence-electron chi connectivity index (χ1n) is 4.74. The molecule has 2 aromatic rings. The third-order valence-corrected chi connectivity index (χ3v) is 1.99. The Morgan fingerprint density at radius 1 is 1.12 bits per heavy atom. The van der Waals surface area contributed by atoms with Crippen LogP contribution in [0, 0.1) is 0 Å².